The molecule has 0 saturated carbocycles. The van der Waals surface area contributed by atoms with Crippen LogP contribution in [0.5, 0.6) is 0 Å². The highest BCUT2D eigenvalue weighted by Gasteiger charge is 2.34. The van der Waals surface area contributed by atoms with Crippen LogP contribution in [0, 0.1) is 0 Å². The number of allylic oxidation sites excluding steroid dienone is 4. The molecule has 1 aliphatic rings. The SMILES string of the molecule is CC1(F)C=C(F)C(F)C=C1F. The molecule has 0 aromatic rings. The summed E-state index contributed by atoms with van der Waals surface area (Å²) in [5.74, 6) is -2.57. The van der Waals surface area contributed by atoms with E-state index in [1.807, 2.05) is 0 Å². The molecule has 1 aliphatic carbocycles. The van der Waals surface area contributed by atoms with Gasteiger partial charge in [0.25, 0.3) is 0 Å². The predicted octanol–water partition coefficient (Wildman–Crippen LogP) is 2.77. The largest absolute Gasteiger partial charge is 0.235 e. The first-order valence-electron chi connectivity index (χ1n) is 3.02. The van der Waals surface area contributed by atoms with Gasteiger partial charge in [-0.25, -0.2) is 17.6 Å². The Morgan fingerprint density at radius 2 is 2.00 bits per heavy atom. The molecule has 0 aromatic heterocycles. The molecule has 4 heteroatoms. The molecule has 11 heavy (non-hydrogen) atoms. The quantitative estimate of drug-likeness (QED) is 0.485. The van der Waals surface area contributed by atoms with Crippen LogP contribution in [0.4, 0.5) is 17.6 Å². The van der Waals surface area contributed by atoms with Gasteiger partial charge in [-0.1, -0.05) is 0 Å². The van der Waals surface area contributed by atoms with Gasteiger partial charge in [-0.15, -0.1) is 0 Å². The number of hydrogen-bond donors (Lipinski definition) is 0. The monoisotopic (exact) mass is 166 g/mol. The van der Waals surface area contributed by atoms with Gasteiger partial charge >= 0.3 is 0 Å². The van der Waals surface area contributed by atoms with Gasteiger partial charge in [0.2, 0.25) is 0 Å². The summed E-state index contributed by atoms with van der Waals surface area (Å²) in [4.78, 5) is 0. The minimum absolute atomic E-state index is 0.287. The Morgan fingerprint density at radius 3 is 2.45 bits per heavy atom. The predicted molar refractivity (Wildman–Crippen MR) is 32.8 cm³/mol. The third-order valence-electron chi connectivity index (χ3n) is 1.43. The standard InChI is InChI=1S/C7H6F4/c1-7(11)3-5(9)4(8)2-6(7)10/h2-4H,1H3. The lowest BCUT2D eigenvalue weighted by Crippen LogP contribution is -2.22. The fraction of sp³-hybridized carbons (Fsp3) is 0.429. The van der Waals surface area contributed by atoms with E-state index in [0.717, 1.165) is 6.92 Å². The first kappa shape index (κ1) is 8.30. The van der Waals surface area contributed by atoms with E-state index in [0.29, 0.717) is 6.08 Å². The van der Waals surface area contributed by atoms with Crippen molar-refractivity contribution in [2.45, 2.75) is 18.8 Å². The summed E-state index contributed by atoms with van der Waals surface area (Å²) in [6.45, 7) is 0.824. The molecule has 1 rings (SSSR count). The first-order chi connectivity index (χ1) is 4.93. The van der Waals surface area contributed by atoms with Crippen molar-refractivity contribution in [3.63, 3.8) is 0 Å². The summed E-state index contributed by atoms with van der Waals surface area (Å²) in [5, 5.41) is 0. The molecule has 0 amide bonds. The molecule has 62 valence electrons. The molecule has 0 N–H and O–H groups in total. The van der Waals surface area contributed by atoms with E-state index in [4.69, 9.17) is 0 Å². The highest BCUT2D eigenvalue weighted by molar-refractivity contribution is 5.30. The number of alkyl halides is 2. The molecule has 0 saturated heterocycles. The van der Waals surface area contributed by atoms with Gasteiger partial charge in [-0.2, -0.15) is 0 Å². The Kier molecular flexibility index (Phi) is 1.78. The normalized spacial score (nSPS) is 38.1. The van der Waals surface area contributed by atoms with Crippen molar-refractivity contribution in [3.8, 4) is 0 Å². The minimum atomic E-state index is -2.49. The zero-order valence-corrected chi connectivity index (χ0v) is 5.74. The molecule has 0 aliphatic heterocycles. The zero-order valence-electron chi connectivity index (χ0n) is 5.74. The van der Waals surface area contributed by atoms with Gasteiger partial charge in [-0.05, 0) is 19.1 Å². The van der Waals surface area contributed by atoms with Gasteiger partial charge in [0.1, 0.15) is 11.7 Å². The highest BCUT2D eigenvalue weighted by atomic mass is 19.2. The summed E-state index contributed by atoms with van der Waals surface area (Å²) >= 11 is 0. The Labute approximate surface area is 61.2 Å². The summed E-state index contributed by atoms with van der Waals surface area (Å²) in [7, 11) is 0. The smallest absolute Gasteiger partial charge is 0.180 e. The maximum absolute atomic E-state index is 12.8. The molecule has 0 spiro atoms. The minimum Gasteiger partial charge on any atom is -0.235 e. The number of hydrogen-bond acceptors (Lipinski definition) is 0. The maximum atomic E-state index is 12.8. The summed E-state index contributed by atoms with van der Waals surface area (Å²) in [6, 6.07) is 0. The summed E-state index contributed by atoms with van der Waals surface area (Å²) < 4.78 is 49.7. The average Bonchev–Trinajstić information content (AvgIpc) is 1.83. The summed E-state index contributed by atoms with van der Waals surface area (Å²) in [5.41, 5.74) is -2.49. The lowest BCUT2D eigenvalue weighted by Gasteiger charge is -2.19. The Bertz CT molecular complexity index is 227. The maximum Gasteiger partial charge on any atom is 0.180 e. The van der Waals surface area contributed by atoms with E-state index in [-0.39, 0.29) is 6.08 Å². The van der Waals surface area contributed by atoms with Gasteiger partial charge in [0, 0.05) is 0 Å². The first-order valence-corrected chi connectivity index (χ1v) is 3.02. The molecule has 0 radical (unpaired) electrons. The van der Waals surface area contributed by atoms with Gasteiger partial charge in [-0.3, -0.25) is 0 Å². The lowest BCUT2D eigenvalue weighted by molar-refractivity contribution is 0.232. The van der Waals surface area contributed by atoms with E-state index < -0.39 is 23.5 Å². The van der Waals surface area contributed by atoms with Gasteiger partial charge in [0.15, 0.2) is 11.8 Å². The van der Waals surface area contributed by atoms with Crippen LogP contribution in [0.25, 0.3) is 0 Å². The zero-order chi connectivity index (χ0) is 8.65. The van der Waals surface area contributed by atoms with Crippen LogP contribution in [0.1, 0.15) is 6.92 Å². The summed E-state index contributed by atoms with van der Waals surface area (Å²) in [6.07, 6.45) is -1.55. The van der Waals surface area contributed by atoms with Crippen molar-refractivity contribution in [3.05, 3.63) is 23.8 Å². The fourth-order valence-corrected chi connectivity index (χ4v) is 0.779. The van der Waals surface area contributed by atoms with Crippen LogP contribution in [0.3, 0.4) is 0 Å². The highest BCUT2D eigenvalue weighted by Crippen LogP contribution is 2.33. The molecular weight excluding hydrogens is 160 g/mol. The molecule has 0 fully saturated rings. The van der Waals surface area contributed by atoms with Gasteiger partial charge < -0.3 is 0 Å². The van der Waals surface area contributed by atoms with Crippen LogP contribution < -0.4 is 0 Å². The lowest BCUT2D eigenvalue weighted by atomic mass is 9.99. The molecule has 2 atom stereocenters. The van der Waals surface area contributed by atoms with Crippen LogP contribution in [-0.4, -0.2) is 11.8 Å². The molecule has 2 unspecified atom stereocenters. The molecular formula is C7H6F4. The van der Waals surface area contributed by atoms with E-state index in [1.165, 1.54) is 0 Å². The van der Waals surface area contributed by atoms with Crippen LogP contribution in [0.2, 0.25) is 0 Å². The third kappa shape index (κ3) is 1.44. The molecule has 0 nitrogen and oxygen atoms in total. The Morgan fingerprint density at radius 1 is 1.45 bits per heavy atom. The topological polar surface area (TPSA) is 0 Å². The second-order valence-corrected chi connectivity index (χ2v) is 2.52. The van der Waals surface area contributed by atoms with Crippen LogP contribution in [0.15, 0.2) is 23.8 Å². The van der Waals surface area contributed by atoms with Crippen molar-refractivity contribution >= 4 is 0 Å². The van der Waals surface area contributed by atoms with Crippen LogP contribution in [-0.2, 0) is 0 Å². The molecule has 0 aromatic carbocycles. The fourth-order valence-electron chi connectivity index (χ4n) is 0.779. The van der Waals surface area contributed by atoms with E-state index >= 15 is 0 Å². The Balaban J connectivity index is 2.98. The second kappa shape index (κ2) is 2.36. The van der Waals surface area contributed by atoms with Crippen molar-refractivity contribution in [2.75, 3.05) is 0 Å². The van der Waals surface area contributed by atoms with Gasteiger partial charge in [0.05, 0.1) is 0 Å². The number of rotatable bonds is 0. The van der Waals surface area contributed by atoms with E-state index in [9.17, 15) is 17.6 Å². The van der Waals surface area contributed by atoms with Crippen LogP contribution >= 0.6 is 0 Å². The molecule has 0 bridgehead atoms. The third-order valence-corrected chi connectivity index (χ3v) is 1.43. The Hall–Kier alpha value is -0.800. The van der Waals surface area contributed by atoms with Crippen molar-refractivity contribution in [1.82, 2.24) is 0 Å². The average molecular weight is 166 g/mol. The number of halogens is 4. The van der Waals surface area contributed by atoms with Crippen molar-refractivity contribution in [2.24, 2.45) is 0 Å². The van der Waals surface area contributed by atoms with Crippen molar-refractivity contribution in [1.29, 1.82) is 0 Å². The van der Waals surface area contributed by atoms with Crippen molar-refractivity contribution < 1.29 is 17.6 Å². The second-order valence-electron chi connectivity index (χ2n) is 2.52. The van der Waals surface area contributed by atoms with E-state index in [1.54, 1.807) is 0 Å². The van der Waals surface area contributed by atoms with E-state index in [2.05, 4.69) is 0 Å². The molecule has 0 heterocycles.